The maximum atomic E-state index is 12.0. The molecule has 0 radical (unpaired) electrons. The Bertz CT molecular complexity index is 2530. The van der Waals surface area contributed by atoms with E-state index >= 15 is 0 Å². The summed E-state index contributed by atoms with van der Waals surface area (Å²) in [7, 11) is 0. The van der Waals surface area contributed by atoms with E-state index in [-0.39, 0.29) is 35.0 Å². The van der Waals surface area contributed by atoms with E-state index in [2.05, 4.69) is 163 Å². The summed E-state index contributed by atoms with van der Waals surface area (Å²) in [5, 5.41) is 6.97. The van der Waals surface area contributed by atoms with Gasteiger partial charge in [0.1, 0.15) is 12.2 Å². The van der Waals surface area contributed by atoms with Crippen molar-refractivity contribution in [2.75, 3.05) is 0 Å². The van der Waals surface area contributed by atoms with Crippen LogP contribution >= 0.6 is 0 Å². The maximum Gasteiger partial charge on any atom is 0.303 e. The monoisotopic (exact) mass is 764 g/mol. The number of esters is 2. The number of hydrogen-bond acceptors (Lipinski definition) is 4. The summed E-state index contributed by atoms with van der Waals surface area (Å²) >= 11 is 0. The van der Waals surface area contributed by atoms with Crippen LogP contribution in [0.15, 0.2) is 134 Å². The number of carbonyl (C=O) groups excluding carboxylic acids is 2. The van der Waals surface area contributed by atoms with E-state index in [4.69, 9.17) is 9.47 Å². The minimum absolute atomic E-state index is 0.000213. The molecule has 2 unspecified atom stereocenters. The van der Waals surface area contributed by atoms with Crippen molar-refractivity contribution in [3.63, 3.8) is 0 Å². The predicted octanol–water partition coefficient (Wildman–Crippen LogP) is 13.6. The normalized spacial score (nSPS) is 17.0. The SMILES string of the molecule is CC(=O)OC1C=CC(c2c3ccccc3c(-c3ccc(C(C)(C)C)cc3)c3c(C4=CCC(OC(C)=O)C=C4)c4ccccc4c(-c4ccc(C(C)(C)C)cc4)c23)=CC1. The lowest BCUT2D eigenvalue weighted by molar-refractivity contribution is -0.145. The summed E-state index contributed by atoms with van der Waals surface area (Å²) in [6, 6.07) is 35.9. The number of carbonyl (C=O) groups is 2. The molecule has 0 saturated heterocycles. The minimum Gasteiger partial charge on any atom is -0.458 e. The van der Waals surface area contributed by atoms with Crippen molar-refractivity contribution in [3.8, 4) is 22.3 Å². The van der Waals surface area contributed by atoms with Crippen LogP contribution in [-0.4, -0.2) is 24.1 Å². The zero-order valence-electron chi connectivity index (χ0n) is 34.9. The molecule has 0 aromatic heterocycles. The minimum atomic E-state index is -0.317. The molecule has 4 nitrogen and oxygen atoms in total. The van der Waals surface area contributed by atoms with Gasteiger partial charge in [-0.05, 0) is 111 Å². The average Bonchev–Trinajstić information content (AvgIpc) is 3.19. The highest BCUT2D eigenvalue weighted by Crippen LogP contribution is 2.52. The summed E-state index contributed by atoms with van der Waals surface area (Å²) < 4.78 is 11.3. The summed E-state index contributed by atoms with van der Waals surface area (Å²) in [6.07, 6.45) is 13.3. The quantitative estimate of drug-likeness (QED) is 0.125. The Morgan fingerprint density at radius 3 is 1.09 bits per heavy atom. The Labute approximate surface area is 342 Å². The van der Waals surface area contributed by atoms with E-state index in [0.29, 0.717) is 12.8 Å². The van der Waals surface area contributed by atoms with Crippen LogP contribution < -0.4 is 0 Å². The van der Waals surface area contributed by atoms with Crippen molar-refractivity contribution >= 4 is 55.4 Å². The fourth-order valence-corrected chi connectivity index (χ4v) is 8.77. The van der Waals surface area contributed by atoms with Gasteiger partial charge in [0.15, 0.2) is 0 Å². The van der Waals surface area contributed by atoms with Crippen LogP contribution in [0.2, 0.25) is 0 Å². The van der Waals surface area contributed by atoms with E-state index < -0.39 is 0 Å². The third-order valence-corrected chi connectivity index (χ3v) is 11.6. The Morgan fingerprint density at radius 1 is 0.483 bits per heavy atom. The molecule has 0 N–H and O–H groups in total. The third-order valence-electron chi connectivity index (χ3n) is 11.6. The molecule has 0 amide bonds. The average molecular weight is 765 g/mol. The molecule has 2 atom stereocenters. The van der Waals surface area contributed by atoms with Crippen LogP contribution in [0.25, 0.3) is 65.7 Å². The van der Waals surface area contributed by atoms with Crippen LogP contribution in [0.4, 0.5) is 0 Å². The molecule has 0 fully saturated rings. The van der Waals surface area contributed by atoms with Crippen molar-refractivity contribution < 1.29 is 19.1 Å². The van der Waals surface area contributed by atoms with E-state index in [1.54, 1.807) is 0 Å². The predicted molar refractivity (Wildman–Crippen MR) is 242 cm³/mol. The highest BCUT2D eigenvalue weighted by molar-refractivity contribution is 6.31. The number of allylic oxidation sites excluding steroid dienone is 4. The Kier molecular flexibility index (Phi) is 10.1. The first-order valence-corrected chi connectivity index (χ1v) is 20.5. The van der Waals surface area contributed by atoms with Crippen LogP contribution in [0.5, 0.6) is 0 Å². The summed E-state index contributed by atoms with van der Waals surface area (Å²) in [4.78, 5) is 24.0. The standard InChI is InChI=1S/C54H52O4/c1-33(55)57-41-29-21-37(22-30-41)49-45-15-11-9-13-43(45)48(36-19-27-40(28-20-36)54(6,7)8)52-50(38-23-31-42(32-24-38)58-34(2)56)46-16-12-10-14-44(46)47(51(49)52)35-17-25-39(26-18-35)53(3,4)5/h9-29,31,41-42H,30,32H2,1-8H3. The van der Waals surface area contributed by atoms with Gasteiger partial charge in [-0.1, -0.05) is 163 Å². The number of rotatable bonds is 6. The molecule has 6 aromatic rings. The van der Waals surface area contributed by atoms with Crippen molar-refractivity contribution in [2.24, 2.45) is 0 Å². The van der Waals surface area contributed by atoms with Gasteiger partial charge < -0.3 is 9.47 Å². The van der Waals surface area contributed by atoms with E-state index in [1.165, 1.54) is 46.9 Å². The molecule has 0 aliphatic heterocycles. The van der Waals surface area contributed by atoms with Gasteiger partial charge in [0.25, 0.3) is 0 Å². The second-order valence-electron chi connectivity index (χ2n) is 17.8. The highest BCUT2D eigenvalue weighted by atomic mass is 16.5. The molecule has 2 aliphatic rings. The van der Waals surface area contributed by atoms with Gasteiger partial charge in [-0.15, -0.1) is 0 Å². The molecule has 0 spiro atoms. The van der Waals surface area contributed by atoms with E-state index in [1.807, 2.05) is 12.2 Å². The largest absolute Gasteiger partial charge is 0.458 e. The molecule has 0 heterocycles. The summed E-state index contributed by atoms with van der Waals surface area (Å²) in [5.41, 5.74) is 11.7. The lowest BCUT2D eigenvalue weighted by Gasteiger charge is -2.28. The van der Waals surface area contributed by atoms with E-state index in [0.717, 1.165) is 54.9 Å². The van der Waals surface area contributed by atoms with Crippen molar-refractivity contribution in [2.45, 2.75) is 91.3 Å². The second-order valence-corrected chi connectivity index (χ2v) is 17.8. The second kappa shape index (κ2) is 15.1. The molecular formula is C54H52O4. The first-order valence-electron chi connectivity index (χ1n) is 20.5. The number of hydrogen-bond donors (Lipinski definition) is 0. The third kappa shape index (κ3) is 7.33. The number of ether oxygens (including phenoxy) is 2. The zero-order valence-corrected chi connectivity index (χ0v) is 34.9. The van der Waals surface area contributed by atoms with Crippen molar-refractivity contribution in [3.05, 3.63) is 156 Å². The fraction of sp³-hybridized carbons (Fsp3) is 0.259. The fourth-order valence-electron chi connectivity index (χ4n) is 8.77. The lowest BCUT2D eigenvalue weighted by Crippen LogP contribution is -2.15. The van der Waals surface area contributed by atoms with Gasteiger partial charge in [0, 0.05) is 26.7 Å². The number of benzene rings is 6. The first-order chi connectivity index (χ1) is 27.7. The molecule has 0 bridgehead atoms. The van der Waals surface area contributed by atoms with Gasteiger partial charge >= 0.3 is 11.9 Å². The highest BCUT2D eigenvalue weighted by Gasteiger charge is 2.28. The topological polar surface area (TPSA) is 52.6 Å². The molecule has 0 saturated carbocycles. The molecule has 4 heteroatoms. The maximum absolute atomic E-state index is 12.0. The molecule has 6 aromatic carbocycles. The Morgan fingerprint density at radius 2 is 0.810 bits per heavy atom. The van der Waals surface area contributed by atoms with Gasteiger partial charge in [0.2, 0.25) is 0 Å². The zero-order chi connectivity index (χ0) is 40.9. The summed E-state index contributed by atoms with van der Waals surface area (Å²) in [6.45, 7) is 16.5. The first kappa shape index (κ1) is 38.9. The van der Waals surface area contributed by atoms with Crippen molar-refractivity contribution in [1.29, 1.82) is 0 Å². The van der Waals surface area contributed by atoms with E-state index in [9.17, 15) is 9.59 Å². The summed E-state index contributed by atoms with van der Waals surface area (Å²) in [5.74, 6) is -0.572. The lowest BCUT2D eigenvalue weighted by atomic mass is 9.76. The molecule has 58 heavy (non-hydrogen) atoms. The number of fused-ring (bicyclic) bond motifs is 3. The smallest absolute Gasteiger partial charge is 0.303 e. The Hall–Kier alpha value is -6.00. The Balaban J connectivity index is 1.58. The van der Waals surface area contributed by atoms with Crippen LogP contribution in [0, 0.1) is 0 Å². The van der Waals surface area contributed by atoms with Gasteiger partial charge in [-0.25, -0.2) is 0 Å². The van der Waals surface area contributed by atoms with Gasteiger partial charge in [0.05, 0.1) is 0 Å². The molecule has 8 rings (SSSR count). The van der Waals surface area contributed by atoms with Crippen LogP contribution in [-0.2, 0) is 29.9 Å². The molecule has 292 valence electrons. The van der Waals surface area contributed by atoms with Crippen molar-refractivity contribution in [1.82, 2.24) is 0 Å². The van der Waals surface area contributed by atoms with Crippen LogP contribution in [0.1, 0.15) is 90.5 Å². The molecule has 2 aliphatic carbocycles. The van der Waals surface area contributed by atoms with Gasteiger partial charge in [-0.3, -0.25) is 9.59 Å². The van der Waals surface area contributed by atoms with Gasteiger partial charge in [-0.2, -0.15) is 0 Å². The van der Waals surface area contributed by atoms with Crippen LogP contribution in [0.3, 0.4) is 0 Å². The molecular weight excluding hydrogens is 713 g/mol.